The van der Waals surface area contributed by atoms with Crippen LogP contribution in [0.5, 0.6) is 5.88 Å². The lowest BCUT2D eigenvalue weighted by Gasteiger charge is -2.18. The van der Waals surface area contributed by atoms with E-state index in [1.807, 2.05) is 25.4 Å². The Kier molecular flexibility index (Phi) is 4.41. The van der Waals surface area contributed by atoms with Crippen molar-refractivity contribution in [3.8, 4) is 5.88 Å². The van der Waals surface area contributed by atoms with Crippen LogP contribution in [0, 0.1) is 6.92 Å². The van der Waals surface area contributed by atoms with Crippen LogP contribution in [0.3, 0.4) is 0 Å². The molecule has 1 atom stereocenters. The molecule has 2 aromatic heterocycles. The first-order valence-electron chi connectivity index (χ1n) is 6.25. The molecule has 1 N–H and O–H groups in total. The number of hydrogen-bond donors (Lipinski definition) is 1. The summed E-state index contributed by atoms with van der Waals surface area (Å²) < 4.78 is 5.15. The minimum Gasteiger partial charge on any atom is -0.481 e. The molecule has 2 aromatic rings. The molecule has 5 nitrogen and oxygen atoms in total. The van der Waals surface area contributed by atoms with E-state index in [9.17, 15) is 0 Å². The van der Waals surface area contributed by atoms with Crippen LogP contribution < -0.4 is 10.1 Å². The minimum absolute atomic E-state index is 0.00528. The van der Waals surface area contributed by atoms with Gasteiger partial charge in [-0.1, -0.05) is 13.0 Å². The number of methoxy groups -OCH3 is 1. The molecule has 2 heterocycles. The van der Waals surface area contributed by atoms with Crippen molar-refractivity contribution in [3.05, 3.63) is 47.7 Å². The van der Waals surface area contributed by atoms with Gasteiger partial charge in [0.05, 0.1) is 18.8 Å². The normalized spacial score (nSPS) is 12.2. The Bertz CT molecular complexity index is 544. The van der Waals surface area contributed by atoms with Gasteiger partial charge in [0.2, 0.25) is 5.88 Å². The second-order valence-electron chi connectivity index (χ2n) is 4.27. The van der Waals surface area contributed by atoms with Gasteiger partial charge in [-0.05, 0) is 24.6 Å². The second kappa shape index (κ2) is 6.24. The first-order valence-corrected chi connectivity index (χ1v) is 6.25. The van der Waals surface area contributed by atoms with Crippen LogP contribution in [0.4, 0.5) is 0 Å². The highest BCUT2D eigenvalue weighted by Crippen LogP contribution is 2.22. The van der Waals surface area contributed by atoms with Crippen LogP contribution in [0.2, 0.25) is 0 Å². The molecule has 100 valence electrons. The molecule has 0 fully saturated rings. The van der Waals surface area contributed by atoms with E-state index >= 15 is 0 Å². The summed E-state index contributed by atoms with van der Waals surface area (Å²) in [4.78, 5) is 12.6. The van der Waals surface area contributed by atoms with Crippen LogP contribution in [0.15, 0.2) is 30.9 Å². The van der Waals surface area contributed by atoms with Crippen molar-refractivity contribution in [3.63, 3.8) is 0 Å². The van der Waals surface area contributed by atoms with Crippen molar-refractivity contribution in [2.24, 2.45) is 0 Å². The Morgan fingerprint density at radius 2 is 2.11 bits per heavy atom. The molecule has 0 aliphatic carbocycles. The Labute approximate surface area is 113 Å². The van der Waals surface area contributed by atoms with Crippen molar-refractivity contribution >= 4 is 0 Å². The molecule has 0 spiro atoms. The number of nitrogens with one attached hydrogen (secondary N) is 1. The quantitative estimate of drug-likeness (QED) is 0.887. The number of pyridine rings is 1. The zero-order valence-corrected chi connectivity index (χ0v) is 11.4. The lowest BCUT2D eigenvalue weighted by Crippen LogP contribution is -2.23. The van der Waals surface area contributed by atoms with E-state index in [-0.39, 0.29) is 6.04 Å². The summed E-state index contributed by atoms with van der Waals surface area (Å²) in [5.74, 6) is 0.563. The molecule has 0 radical (unpaired) electrons. The van der Waals surface area contributed by atoms with Crippen molar-refractivity contribution in [1.29, 1.82) is 0 Å². The standard InChI is InChI=1S/C14H18N4O/c1-4-16-14(11-5-10(2)7-15-8-11)12-6-13(19-3)18-9-17-12/h5-9,14,16H,4H2,1-3H3. The van der Waals surface area contributed by atoms with Crippen LogP contribution in [0.1, 0.15) is 29.8 Å². The van der Waals surface area contributed by atoms with E-state index in [1.165, 1.54) is 6.33 Å². The molecule has 0 bridgehead atoms. The topological polar surface area (TPSA) is 59.9 Å². The third-order valence-corrected chi connectivity index (χ3v) is 2.81. The maximum Gasteiger partial charge on any atom is 0.216 e. The summed E-state index contributed by atoms with van der Waals surface area (Å²) in [6.07, 6.45) is 5.21. The molecule has 0 amide bonds. The maximum absolute atomic E-state index is 5.15. The molecule has 0 aromatic carbocycles. The van der Waals surface area contributed by atoms with Gasteiger partial charge in [0.25, 0.3) is 0 Å². The number of rotatable bonds is 5. The lowest BCUT2D eigenvalue weighted by atomic mass is 10.0. The van der Waals surface area contributed by atoms with E-state index in [4.69, 9.17) is 4.74 Å². The van der Waals surface area contributed by atoms with Gasteiger partial charge in [-0.2, -0.15) is 0 Å². The largest absolute Gasteiger partial charge is 0.481 e. The van der Waals surface area contributed by atoms with Gasteiger partial charge in [-0.3, -0.25) is 4.98 Å². The van der Waals surface area contributed by atoms with E-state index in [0.29, 0.717) is 5.88 Å². The average Bonchev–Trinajstić information content (AvgIpc) is 2.45. The molecular formula is C14H18N4O. The molecular weight excluding hydrogens is 240 g/mol. The molecule has 19 heavy (non-hydrogen) atoms. The van der Waals surface area contributed by atoms with E-state index in [0.717, 1.165) is 23.4 Å². The Morgan fingerprint density at radius 3 is 2.79 bits per heavy atom. The van der Waals surface area contributed by atoms with E-state index in [1.54, 1.807) is 7.11 Å². The smallest absolute Gasteiger partial charge is 0.216 e. The average molecular weight is 258 g/mol. The van der Waals surface area contributed by atoms with Crippen molar-refractivity contribution in [2.45, 2.75) is 19.9 Å². The molecule has 2 rings (SSSR count). The zero-order chi connectivity index (χ0) is 13.7. The monoisotopic (exact) mass is 258 g/mol. The van der Waals surface area contributed by atoms with E-state index in [2.05, 4.69) is 33.3 Å². The van der Waals surface area contributed by atoms with Gasteiger partial charge in [-0.15, -0.1) is 0 Å². The van der Waals surface area contributed by atoms with Gasteiger partial charge >= 0.3 is 0 Å². The Morgan fingerprint density at radius 1 is 1.26 bits per heavy atom. The third kappa shape index (κ3) is 3.26. The highest BCUT2D eigenvalue weighted by Gasteiger charge is 2.16. The van der Waals surface area contributed by atoms with Crippen LogP contribution in [-0.4, -0.2) is 28.6 Å². The highest BCUT2D eigenvalue weighted by atomic mass is 16.5. The molecule has 0 saturated carbocycles. The van der Waals surface area contributed by atoms with Gasteiger partial charge in [0.1, 0.15) is 6.33 Å². The molecule has 0 saturated heterocycles. The van der Waals surface area contributed by atoms with Gasteiger partial charge in [0.15, 0.2) is 0 Å². The molecule has 5 heteroatoms. The van der Waals surface area contributed by atoms with Crippen LogP contribution >= 0.6 is 0 Å². The van der Waals surface area contributed by atoms with Gasteiger partial charge in [-0.25, -0.2) is 9.97 Å². The summed E-state index contributed by atoms with van der Waals surface area (Å²) in [6, 6.07) is 3.94. The predicted octanol–water partition coefficient (Wildman–Crippen LogP) is 1.89. The third-order valence-electron chi connectivity index (χ3n) is 2.81. The van der Waals surface area contributed by atoms with Crippen molar-refractivity contribution in [1.82, 2.24) is 20.3 Å². The highest BCUT2D eigenvalue weighted by molar-refractivity contribution is 5.29. The predicted molar refractivity (Wildman–Crippen MR) is 73.1 cm³/mol. The number of ether oxygens (including phenoxy) is 1. The fourth-order valence-corrected chi connectivity index (χ4v) is 1.96. The summed E-state index contributed by atoms with van der Waals surface area (Å²) in [5.41, 5.74) is 3.09. The number of hydrogen-bond acceptors (Lipinski definition) is 5. The maximum atomic E-state index is 5.15. The molecule has 0 aliphatic heterocycles. The number of aryl methyl sites for hydroxylation is 1. The van der Waals surface area contributed by atoms with Crippen molar-refractivity contribution < 1.29 is 4.74 Å². The zero-order valence-electron chi connectivity index (χ0n) is 11.4. The van der Waals surface area contributed by atoms with Gasteiger partial charge in [0, 0.05) is 18.5 Å². The Balaban J connectivity index is 2.38. The number of aromatic nitrogens is 3. The van der Waals surface area contributed by atoms with Gasteiger partial charge < -0.3 is 10.1 Å². The first kappa shape index (κ1) is 13.4. The van der Waals surface area contributed by atoms with E-state index < -0.39 is 0 Å². The van der Waals surface area contributed by atoms with Crippen LogP contribution in [0.25, 0.3) is 0 Å². The summed E-state index contributed by atoms with van der Waals surface area (Å²) in [6.45, 7) is 4.93. The minimum atomic E-state index is -0.00528. The second-order valence-corrected chi connectivity index (χ2v) is 4.27. The van der Waals surface area contributed by atoms with Crippen molar-refractivity contribution in [2.75, 3.05) is 13.7 Å². The first-order chi connectivity index (χ1) is 9.24. The molecule has 0 aliphatic rings. The molecule has 1 unspecified atom stereocenters. The SMILES string of the molecule is CCNC(c1cncc(C)c1)c1cc(OC)ncn1. The number of nitrogens with zero attached hydrogens (tertiary/aromatic N) is 3. The summed E-state index contributed by atoms with van der Waals surface area (Å²) in [5, 5.41) is 3.41. The fraction of sp³-hybridized carbons (Fsp3) is 0.357. The lowest BCUT2D eigenvalue weighted by molar-refractivity contribution is 0.395. The van der Waals surface area contributed by atoms with Crippen LogP contribution in [-0.2, 0) is 0 Å². The Hall–Kier alpha value is -2.01. The summed E-state index contributed by atoms with van der Waals surface area (Å²) >= 11 is 0. The summed E-state index contributed by atoms with van der Waals surface area (Å²) in [7, 11) is 1.60. The fourth-order valence-electron chi connectivity index (χ4n) is 1.96.